The zero-order chi connectivity index (χ0) is 24.8. The maximum absolute atomic E-state index is 13.4. The van der Waals surface area contributed by atoms with Crippen molar-refractivity contribution < 1.29 is 23.8 Å². The van der Waals surface area contributed by atoms with Crippen LogP contribution >= 0.6 is 11.3 Å². The van der Waals surface area contributed by atoms with Crippen molar-refractivity contribution >= 4 is 23.2 Å². The topological polar surface area (TPSA) is 92.9 Å². The molecule has 0 aliphatic carbocycles. The van der Waals surface area contributed by atoms with E-state index in [1.54, 1.807) is 16.5 Å². The van der Waals surface area contributed by atoms with E-state index in [9.17, 15) is 9.59 Å². The van der Waals surface area contributed by atoms with E-state index in [1.807, 2.05) is 74.5 Å². The maximum atomic E-state index is 13.4. The average molecular weight is 491 g/mol. The van der Waals surface area contributed by atoms with Crippen LogP contribution in [0.1, 0.15) is 40.5 Å². The van der Waals surface area contributed by atoms with Crippen molar-refractivity contribution in [1.82, 2.24) is 9.88 Å². The van der Waals surface area contributed by atoms with Crippen molar-refractivity contribution in [1.29, 1.82) is 0 Å². The van der Waals surface area contributed by atoms with Crippen molar-refractivity contribution in [2.45, 2.75) is 39.5 Å². The fourth-order valence-electron chi connectivity index (χ4n) is 3.61. The molecule has 2 aromatic heterocycles. The Morgan fingerprint density at radius 2 is 1.86 bits per heavy atom. The number of para-hydroxylation sites is 1. The molecule has 0 saturated carbocycles. The number of ether oxygens (including phenoxy) is 1. The molecular formula is C27H26N2O5S. The van der Waals surface area contributed by atoms with E-state index in [0.29, 0.717) is 28.6 Å². The average Bonchev–Trinajstić information content (AvgIpc) is 3.53. The molecule has 0 bridgehead atoms. The molecule has 0 fully saturated rings. The molecule has 2 heterocycles. The van der Waals surface area contributed by atoms with Gasteiger partial charge in [-0.1, -0.05) is 30.3 Å². The number of amides is 1. The Morgan fingerprint density at radius 3 is 2.54 bits per heavy atom. The Kier molecular flexibility index (Phi) is 7.62. The quantitative estimate of drug-likeness (QED) is 0.308. The lowest BCUT2D eigenvalue weighted by Crippen LogP contribution is -2.36. The first-order chi connectivity index (χ1) is 16.9. The predicted octanol–water partition coefficient (Wildman–Crippen LogP) is 5.66. The molecule has 4 aromatic rings. The van der Waals surface area contributed by atoms with Crippen LogP contribution in [0, 0.1) is 0 Å². The van der Waals surface area contributed by atoms with Crippen molar-refractivity contribution in [3.63, 3.8) is 0 Å². The molecule has 0 aliphatic heterocycles. The number of rotatable bonds is 10. The minimum atomic E-state index is -0.911. The third kappa shape index (κ3) is 6.16. The van der Waals surface area contributed by atoms with Gasteiger partial charge in [0.15, 0.2) is 0 Å². The van der Waals surface area contributed by atoms with E-state index in [-0.39, 0.29) is 25.0 Å². The number of thiazole rings is 1. The Labute approximate surface area is 207 Å². The SMILES string of the molecule is CC(C)N(Cc1ccccc1OCc1csc(CC(=O)O)n1)C(=O)c1ccc(-c2ccco2)cc1. The lowest BCUT2D eigenvalue weighted by molar-refractivity contribution is -0.136. The summed E-state index contributed by atoms with van der Waals surface area (Å²) in [6.45, 7) is 4.57. The predicted molar refractivity (Wildman–Crippen MR) is 133 cm³/mol. The number of furan rings is 1. The van der Waals surface area contributed by atoms with Crippen molar-refractivity contribution in [3.05, 3.63) is 94.1 Å². The van der Waals surface area contributed by atoms with Crippen LogP contribution in [0.2, 0.25) is 0 Å². The molecule has 0 unspecified atom stereocenters. The van der Waals surface area contributed by atoms with Crippen LogP contribution < -0.4 is 4.74 Å². The van der Waals surface area contributed by atoms with Crippen LogP contribution in [0.15, 0.2) is 76.7 Å². The van der Waals surface area contributed by atoms with Crippen LogP contribution in [0.5, 0.6) is 5.75 Å². The molecule has 0 spiro atoms. The zero-order valence-electron chi connectivity index (χ0n) is 19.5. The van der Waals surface area contributed by atoms with Gasteiger partial charge in [-0.05, 0) is 44.2 Å². The molecular weight excluding hydrogens is 464 g/mol. The van der Waals surface area contributed by atoms with Gasteiger partial charge in [-0.3, -0.25) is 9.59 Å². The summed E-state index contributed by atoms with van der Waals surface area (Å²) in [4.78, 5) is 30.4. The number of carbonyl (C=O) groups is 2. The van der Waals surface area contributed by atoms with Crippen LogP contribution in [-0.2, 0) is 24.4 Å². The summed E-state index contributed by atoms with van der Waals surface area (Å²) < 4.78 is 11.4. The summed E-state index contributed by atoms with van der Waals surface area (Å²) in [5.41, 5.74) is 3.06. The lowest BCUT2D eigenvalue weighted by Gasteiger charge is -2.28. The molecule has 0 atom stereocenters. The summed E-state index contributed by atoms with van der Waals surface area (Å²) in [6, 6.07) is 18.7. The molecule has 1 N–H and O–H groups in total. The van der Waals surface area contributed by atoms with Crippen molar-refractivity contribution in [3.8, 4) is 17.1 Å². The van der Waals surface area contributed by atoms with Gasteiger partial charge < -0.3 is 19.2 Å². The highest BCUT2D eigenvalue weighted by molar-refractivity contribution is 7.09. The van der Waals surface area contributed by atoms with Crippen molar-refractivity contribution in [2.24, 2.45) is 0 Å². The smallest absolute Gasteiger partial charge is 0.310 e. The van der Waals surface area contributed by atoms with Gasteiger partial charge in [0.1, 0.15) is 23.1 Å². The third-order valence-electron chi connectivity index (χ3n) is 5.41. The van der Waals surface area contributed by atoms with Crippen molar-refractivity contribution in [2.75, 3.05) is 0 Å². The first kappa shape index (κ1) is 24.2. The first-order valence-electron chi connectivity index (χ1n) is 11.2. The number of carbonyl (C=O) groups excluding carboxylic acids is 1. The van der Waals surface area contributed by atoms with Crippen LogP contribution in [0.3, 0.4) is 0 Å². The van der Waals surface area contributed by atoms with Gasteiger partial charge in [0.25, 0.3) is 5.91 Å². The number of nitrogens with zero attached hydrogens (tertiary/aromatic N) is 2. The van der Waals surface area contributed by atoms with E-state index in [1.165, 1.54) is 11.3 Å². The summed E-state index contributed by atoms with van der Waals surface area (Å²) in [6.07, 6.45) is 1.52. The molecule has 35 heavy (non-hydrogen) atoms. The molecule has 7 nitrogen and oxygen atoms in total. The van der Waals surface area contributed by atoms with Gasteiger partial charge >= 0.3 is 5.97 Å². The molecule has 4 rings (SSSR count). The minimum absolute atomic E-state index is 0.0302. The highest BCUT2D eigenvalue weighted by atomic mass is 32.1. The second-order valence-electron chi connectivity index (χ2n) is 8.28. The highest BCUT2D eigenvalue weighted by Gasteiger charge is 2.21. The summed E-state index contributed by atoms with van der Waals surface area (Å²) in [7, 11) is 0. The molecule has 8 heteroatoms. The fraction of sp³-hybridized carbons (Fsp3) is 0.222. The Balaban J connectivity index is 1.47. The molecule has 0 saturated heterocycles. The van der Waals surface area contributed by atoms with E-state index in [2.05, 4.69) is 4.98 Å². The number of aromatic nitrogens is 1. The van der Waals surface area contributed by atoms with Crippen LogP contribution in [0.25, 0.3) is 11.3 Å². The Bertz CT molecular complexity index is 1280. The zero-order valence-corrected chi connectivity index (χ0v) is 20.3. The fourth-order valence-corrected chi connectivity index (χ4v) is 4.38. The van der Waals surface area contributed by atoms with Crippen LogP contribution in [0.4, 0.5) is 0 Å². The van der Waals surface area contributed by atoms with E-state index in [0.717, 1.165) is 16.9 Å². The second-order valence-corrected chi connectivity index (χ2v) is 9.22. The Morgan fingerprint density at radius 1 is 1.09 bits per heavy atom. The molecule has 1 amide bonds. The van der Waals surface area contributed by atoms with Gasteiger partial charge in [0, 0.05) is 34.7 Å². The van der Waals surface area contributed by atoms with Gasteiger partial charge in [0.05, 0.1) is 18.4 Å². The number of aliphatic carboxylic acids is 1. The number of carboxylic acids is 1. The number of benzene rings is 2. The summed E-state index contributed by atoms with van der Waals surface area (Å²) in [5, 5.41) is 11.3. The third-order valence-corrected chi connectivity index (χ3v) is 6.31. The van der Waals surface area contributed by atoms with Gasteiger partial charge in [0.2, 0.25) is 0 Å². The normalized spacial score (nSPS) is 10.9. The summed E-state index contributed by atoms with van der Waals surface area (Å²) >= 11 is 1.30. The molecule has 0 radical (unpaired) electrons. The van der Waals surface area contributed by atoms with Gasteiger partial charge in [-0.2, -0.15) is 0 Å². The second kappa shape index (κ2) is 11.0. The lowest BCUT2D eigenvalue weighted by atomic mass is 10.1. The van der Waals surface area contributed by atoms with Crippen LogP contribution in [-0.4, -0.2) is 32.9 Å². The van der Waals surface area contributed by atoms with E-state index < -0.39 is 5.97 Å². The molecule has 180 valence electrons. The monoisotopic (exact) mass is 490 g/mol. The van der Waals surface area contributed by atoms with E-state index in [4.69, 9.17) is 14.3 Å². The maximum Gasteiger partial charge on any atom is 0.310 e. The molecule has 0 aliphatic rings. The standard InChI is InChI=1S/C27H26N2O5S/c1-18(2)29(27(32)20-11-9-19(10-12-20)23-8-5-13-33-23)15-21-6-3-4-7-24(21)34-16-22-17-35-25(28-22)14-26(30)31/h3-13,17-18H,14-16H2,1-2H3,(H,30,31). The Hall–Kier alpha value is -3.91. The number of carboxylic acid groups (broad SMARTS) is 1. The van der Waals surface area contributed by atoms with E-state index >= 15 is 0 Å². The van der Waals surface area contributed by atoms with Gasteiger partial charge in [-0.15, -0.1) is 11.3 Å². The summed E-state index contributed by atoms with van der Waals surface area (Å²) in [5.74, 6) is 0.433. The molecule has 2 aromatic carbocycles. The minimum Gasteiger partial charge on any atom is -0.487 e. The largest absolute Gasteiger partial charge is 0.487 e. The number of hydrogen-bond acceptors (Lipinski definition) is 6. The first-order valence-corrected chi connectivity index (χ1v) is 12.1. The highest BCUT2D eigenvalue weighted by Crippen LogP contribution is 2.25. The number of hydrogen-bond donors (Lipinski definition) is 1. The van der Waals surface area contributed by atoms with Gasteiger partial charge in [-0.25, -0.2) is 4.98 Å².